The first-order valence-electron chi connectivity index (χ1n) is 8.53. The Labute approximate surface area is 178 Å². The van der Waals surface area contributed by atoms with Crippen molar-refractivity contribution in [3.8, 4) is 0 Å². The van der Waals surface area contributed by atoms with Crippen LogP contribution in [0.4, 0.5) is 17.6 Å². The summed E-state index contributed by atoms with van der Waals surface area (Å²) in [7, 11) is 0. The number of rotatable bonds is 5. The number of hydrogen-bond acceptors (Lipinski definition) is 2. The smallest absolute Gasteiger partial charge is 0.339 e. The van der Waals surface area contributed by atoms with Crippen molar-refractivity contribution in [2.45, 2.75) is 18.9 Å². The van der Waals surface area contributed by atoms with Gasteiger partial charge in [-0.25, -0.2) is 4.39 Å². The summed E-state index contributed by atoms with van der Waals surface area (Å²) in [6.45, 7) is -0.698. The molecule has 8 heteroatoms. The fourth-order valence-corrected chi connectivity index (χ4v) is 3.48. The molecule has 0 bridgehead atoms. The third kappa shape index (κ3) is 4.92. The minimum absolute atomic E-state index is 0.327. The van der Waals surface area contributed by atoms with Crippen LogP contribution in [0, 0.1) is 3.57 Å². The Balaban J connectivity index is 2.08. The molecule has 29 heavy (non-hydrogen) atoms. The van der Waals surface area contributed by atoms with Crippen molar-refractivity contribution in [1.82, 2.24) is 10.3 Å². The van der Waals surface area contributed by atoms with Gasteiger partial charge in [0.25, 0.3) is 5.91 Å². The summed E-state index contributed by atoms with van der Waals surface area (Å²) < 4.78 is 54.2. The van der Waals surface area contributed by atoms with Gasteiger partial charge in [0.1, 0.15) is 6.67 Å². The van der Waals surface area contributed by atoms with E-state index in [4.69, 9.17) is 0 Å². The molecule has 3 rings (SSSR count). The van der Waals surface area contributed by atoms with Gasteiger partial charge in [-0.2, -0.15) is 13.2 Å². The zero-order valence-electron chi connectivity index (χ0n) is 14.9. The molecule has 0 aliphatic rings. The maximum Gasteiger partial charge on any atom is 0.418 e. The lowest BCUT2D eigenvalue weighted by atomic mass is 9.97. The van der Waals surface area contributed by atoms with E-state index in [1.807, 2.05) is 22.6 Å². The van der Waals surface area contributed by atoms with Crippen LogP contribution in [0.1, 0.15) is 38.8 Å². The molecular weight excluding hydrogens is 499 g/mol. The van der Waals surface area contributed by atoms with Crippen LogP contribution in [0.25, 0.3) is 0 Å². The number of aromatic nitrogens is 1. The number of carbonyl (C=O) groups excluding carboxylic acids is 1. The second-order valence-electron chi connectivity index (χ2n) is 6.20. The molecule has 1 atom stereocenters. The molecule has 1 N–H and O–H groups in total. The highest BCUT2D eigenvalue weighted by atomic mass is 127. The summed E-state index contributed by atoms with van der Waals surface area (Å²) in [5.41, 5.74) is -0.183. The van der Waals surface area contributed by atoms with Gasteiger partial charge in [0.05, 0.1) is 22.9 Å². The van der Waals surface area contributed by atoms with E-state index in [9.17, 15) is 22.4 Å². The minimum atomic E-state index is -4.65. The first-order chi connectivity index (χ1) is 13.8. The number of nitrogens with one attached hydrogen (secondary N) is 1. The Kier molecular flexibility index (Phi) is 6.51. The topological polar surface area (TPSA) is 42.0 Å². The number of amides is 1. The van der Waals surface area contributed by atoms with E-state index in [-0.39, 0.29) is 5.69 Å². The van der Waals surface area contributed by atoms with Crippen LogP contribution < -0.4 is 5.32 Å². The monoisotopic (exact) mass is 514 g/mol. The molecule has 0 aliphatic heterocycles. The SMILES string of the molecule is O=C(N[C@@H](c1ccc(CF)cc1)c1ncccc1C(F)(F)F)c1ccccc1I. The normalized spacial score (nSPS) is 12.4. The molecule has 1 heterocycles. The molecule has 0 spiro atoms. The van der Waals surface area contributed by atoms with Gasteiger partial charge >= 0.3 is 6.18 Å². The Morgan fingerprint density at radius 2 is 1.72 bits per heavy atom. The Morgan fingerprint density at radius 1 is 1.03 bits per heavy atom. The van der Waals surface area contributed by atoms with E-state index in [2.05, 4.69) is 10.3 Å². The van der Waals surface area contributed by atoms with E-state index in [0.717, 1.165) is 6.07 Å². The lowest BCUT2D eigenvalue weighted by Gasteiger charge is -2.23. The largest absolute Gasteiger partial charge is 0.418 e. The van der Waals surface area contributed by atoms with Crippen molar-refractivity contribution in [3.63, 3.8) is 0 Å². The Morgan fingerprint density at radius 3 is 2.34 bits per heavy atom. The van der Waals surface area contributed by atoms with Gasteiger partial charge < -0.3 is 5.32 Å². The molecule has 150 valence electrons. The quantitative estimate of drug-likeness (QED) is 0.351. The number of carbonyl (C=O) groups is 1. The predicted molar refractivity (Wildman–Crippen MR) is 109 cm³/mol. The minimum Gasteiger partial charge on any atom is -0.339 e. The van der Waals surface area contributed by atoms with Gasteiger partial charge in [-0.15, -0.1) is 0 Å². The van der Waals surface area contributed by atoms with Gasteiger partial charge in [0.2, 0.25) is 0 Å². The highest BCUT2D eigenvalue weighted by Gasteiger charge is 2.37. The molecule has 2 aromatic carbocycles. The molecule has 1 aromatic heterocycles. The maximum atomic E-state index is 13.6. The van der Waals surface area contributed by atoms with Crippen LogP contribution in [-0.2, 0) is 12.9 Å². The van der Waals surface area contributed by atoms with E-state index >= 15 is 0 Å². The second kappa shape index (κ2) is 8.89. The standard InChI is InChI=1S/C21H15F4IN2O/c22-12-13-7-9-14(10-8-13)18(19-16(21(23,24)25)5-3-11-27-19)28-20(29)15-4-1-2-6-17(15)26/h1-11,18H,12H2,(H,28,29)/t18-/m0/s1. The fourth-order valence-electron chi connectivity index (χ4n) is 2.85. The summed E-state index contributed by atoms with van der Waals surface area (Å²) >= 11 is 1.98. The summed E-state index contributed by atoms with van der Waals surface area (Å²) in [5.74, 6) is -0.534. The first-order valence-corrected chi connectivity index (χ1v) is 9.61. The number of alkyl halides is 4. The second-order valence-corrected chi connectivity index (χ2v) is 7.36. The third-order valence-corrected chi connectivity index (χ3v) is 5.22. The van der Waals surface area contributed by atoms with Crippen molar-refractivity contribution >= 4 is 28.5 Å². The number of hydrogen-bond donors (Lipinski definition) is 1. The molecule has 0 fully saturated rings. The molecule has 0 radical (unpaired) electrons. The summed E-state index contributed by atoms with van der Waals surface area (Å²) in [6.07, 6.45) is -3.40. The van der Waals surface area contributed by atoms with E-state index in [0.29, 0.717) is 20.3 Å². The van der Waals surface area contributed by atoms with E-state index in [1.165, 1.54) is 36.5 Å². The third-order valence-electron chi connectivity index (χ3n) is 4.28. The Bertz CT molecular complexity index is 1010. The summed E-state index contributed by atoms with van der Waals surface area (Å²) in [4.78, 5) is 16.7. The molecule has 1 amide bonds. The molecule has 3 nitrogen and oxygen atoms in total. The number of nitrogens with zero attached hydrogens (tertiary/aromatic N) is 1. The zero-order valence-corrected chi connectivity index (χ0v) is 17.0. The van der Waals surface area contributed by atoms with Crippen molar-refractivity contribution in [1.29, 1.82) is 0 Å². The summed E-state index contributed by atoms with van der Waals surface area (Å²) in [6, 6.07) is 13.6. The van der Waals surface area contributed by atoms with Crippen molar-refractivity contribution in [2.75, 3.05) is 0 Å². The predicted octanol–water partition coefficient (Wildman–Crippen LogP) is 5.69. The van der Waals surface area contributed by atoms with Gasteiger partial charge in [-0.1, -0.05) is 36.4 Å². The molecule has 0 aliphatic carbocycles. The highest BCUT2D eigenvalue weighted by Crippen LogP contribution is 2.35. The first kappa shape index (κ1) is 21.2. The molecule has 0 unspecified atom stereocenters. The number of halogens is 5. The maximum absolute atomic E-state index is 13.6. The molecule has 3 aromatic rings. The number of pyridine rings is 1. The fraction of sp³-hybridized carbons (Fsp3) is 0.143. The van der Waals surface area contributed by atoms with Gasteiger partial charge in [-0.3, -0.25) is 9.78 Å². The van der Waals surface area contributed by atoms with Crippen molar-refractivity contribution < 1.29 is 22.4 Å². The van der Waals surface area contributed by atoms with Crippen LogP contribution in [0.5, 0.6) is 0 Å². The van der Waals surface area contributed by atoms with Crippen LogP contribution in [0.15, 0.2) is 66.9 Å². The highest BCUT2D eigenvalue weighted by molar-refractivity contribution is 14.1. The summed E-state index contributed by atoms with van der Waals surface area (Å²) in [5, 5.41) is 2.66. The van der Waals surface area contributed by atoms with E-state index < -0.39 is 30.4 Å². The average Bonchev–Trinajstić information content (AvgIpc) is 2.72. The number of benzene rings is 2. The van der Waals surface area contributed by atoms with Gasteiger partial charge in [0, 0.05) is 9.77 Å². The molecular formula is C21H15F4IN2O. The van der Waals surface area contributed by atoms with E-state index in [1.54, 1.807) is 24.3 Å². The molecule has 0 saturated carbocycles. The Hall–Kier alpha value is -2.49. The lowest BCUT2D eigenvalue weighted by Crippen LogP contribution is -2.32. The van der Waals surface area contributed by atoms with Gasteiger partial charge in [-0.05, 0) is 58.0 Å². The van der Waals surface area contributed by atoms with Gasteiger partial charge in [0.15, 0.2) is 0 Å². The van der Waals surface area contributed by atoms with Crippen LogP contribution in [0.2, 0.25) is 0 Å². The lowest BCUT2D eigenvalue weighted by molar-refractivity contribution is -0.138. The van der Waals surface area contributed by atoms with Crippen molar-refractivity contribution in [2.24, 2.45) is 0 Å². The van der Waals surface area contributed by atoms with Crippen LogP contribution >= 0.6 is 22.6 Å². The van der Waals surface area contributed by atoms with Crippen LogP contribution in [0.3, 0.4) is 0 Å². The average molecular weight is 514 g/mol. The van der Waals surface area contributed by atoms with Crippen molar-refractivity contribution in [3.05, 3.63) is 98.4 Å². The molecule has 0 saturated heterocycles. The zero-order chi connectivity index (χ0) is 21.0. The van der Waals surface area contributed by atoms with Crippen LogP contribution in [-0.4, -0.2) is 10.9 Å².